The fourth-order valence-corrected chi connectivity index (χ4v) is 2.69. The van der Waals surface area contributed by atoms with E-state index in [2.05, 4.69) is 0 Å². The van der Waals surface area contributed by atoms with E-state index in [-0.39, 0.29) is 33.4 Å². The van der Waals surface area contributed by atoms with E-state index in [1.54, 1.807) is 0 Å². The Morgan fingerprint density at radius 2 is 0.905 bits per heavy atom. The van der Waals surface area contributed by atoms with Crippen molar-refractivity contribution in [2.45, 2.75) is 65.2 Å². The second-order valence-electron chi connectivity index (χ2n) is 4.79. The van der Waals surface area contributed by atoms with E-state index in [4.69, 9.17) is 0 Å². The number of hydrogen-bond acceptors (Lipinski definition) is 6. The number of unbranched alkanes of at least 4 members (excludes halogenated alkanes) is 6. The fraction of sp³-hybridized carbons (Fsp3) is 1.00. The van der Waals surface area contributed by atoms with Crippen LogP contribution in [-0.2, 0) is 30.2 Å². The number of rotatable bonds is 10. The predicted molar refractivity (Wildman–Crippen MR) is 73.2 cm³/mol. The molecule has 0 heterocycles. The average molecular weight is 424 g/mol. The molecule has 6 nitrogen and oxygen atoms in total. The molecule has 0 aliphatic rings. The van der Waals surface area contributed by atoms with Crippen molar-refractivity contribution < 1.29 is 49.8 Å². The van der Waals surface area contributed by atoms with Gasteiger partial charge in [0.15, 0.2) is 0 Å². The van der Waals surface area contributed by atoms with Crippen LogP contribution < -0.4 is 19.6 Å². The van der Waals surface area contributed by atoms with Gasteiger partial charge in [-0.15, -0.1) is 0 Å². The van der Waals surface area contributed by atoms with E-state index in [1.165, 1.54) is 0 Å². The minimum atomic E-state index is -4.21. The van der Waals surface area contributed by atoms with Crippen LogP contribution in [0.5, 0.6) is 0 Å². The van der Waals surface area contributed by atoms with Crippen LogP contribution in [-0.4, -0.2) is 12.3 Å². The van der Waals surface area contributed by atoms with Gasteiger partial charge in [0.05, 0.1) is 0 Å². The quantitative estimate of drug-likeness (QED) is 0.292. The first-order chi connectivity index (χ1) is 9.12. The van der Waals surface area contributed by atoms with Crippen molar-refractivity contribution >= 4 is 15.2 Å². The molecule has 0 unspecified atom stereocenters. The van der Waals surface area contributed by atoms with Crippen molar-refractivity contribution in [3.63, 3.8) is 0 Å². The van der Waals surface area contributed by atoms with E-state index in [0.717, 1.165) is 38.5 Å². The van der Waals surface area contributed by atoms with Gasteiger partial charge in [0.1, 0.15) is 0 Å². The molecule has 0 rings (SSSR count). The van der Waals surface area contributed by atoms with Crippen molar-refractivity contribution in [1.82, 2.24) is 0 Å². The zero-order valence-corrected chi connectivity index (χ0v) is 16.6. The third-order valence-corrected chi connectivity index (χ3v) is 4.30. The van der Waals surface area contributed by atoms with E-state index < -0.39 is 15.2 Å². The van der Waals surface area contributed by atoms with Crippen LogP contribution in [0.1, 0.15) is 65.2 Å². The Morgan fingerprint density at radius 3 is 1.10 bits per heavy atom. The smallest absolute Gasteiger partial charge is 0.811 e. The molecule has 9 heteroatoms. The van der Waals surface area contributed by atoms with Crippen molar-refractivity contribution in [1.29, 1.82) is 0 Å². The van der Waals surface area contributed by atoms with E-state index in [0.29, 0.717) is 12.8 Å². The van der Waals surface area contributed by atoms with Crippen LogP contribution in [0.3, 0.4) is 0 Å². The van der Waals surface area contributed by atoms with Crippen LogP contribution in [0.25, 0.3) is 0 Å². The first-order valence-electron chi connectivity index (χ1n) is 7.14. The number of hydrogen-bond donors (Lipinski definition) is 0. The van der Waals surface area contributed by atoms with Crippen molar-refractivity contribution in [2.75, 3.05) is 12.3 Å². The van der Waals surface area contributed by atoms with Crippen LogP contribution in [0.2, 0.25) is 0 Å². The summed E-state index contributed by atoms with van der Waals surface area (Å²) in [6.45, 7) is 4.07. The molecule has 0 amide bonds. The second kappa shape index (κ2) is 15.9. The minimum absolute atomic E-state index is 0. The summed E-state index contributed by atoms with van der Waals surface area (Å²) in [5.41, 5.74) is 0. The molecule has 0 aromatic carbocycles. The van der Waals surface area contributed by atoms with Gasteiger partial charge in [0.25, 0.3) is 0 Å². The van der Waals surface area contributed by atoms with Crippen LogP contribution in [0.4, 0.5) is 0 Å². The van der Waals surface area contributed by atoms with Crippen molar-refractivity contribution in [2.24, 2.45) is 0 Å². The predicted octanol–water partition coefficient (Wildman–Crippen LogP) is 0.958. The Labute approximate surface area is 142 Å². The third-order valence-electron chi connectivity index (χ3n) is 2.57. The SMILES string of the molecule is CCCCCCP(=O)([O-])[O-].CCCCCCP(=O)([O-])[O-].[Mo+4]. The molecule has 0 saturated heterocycles. The zero-order valence-electron chi connectivity index (χ0n) is 12.8. The summed E-state index contributed by atoms with van der Waals surface area (Å²) in [5, 5.41) is 0. The molecule has 0 radical (unpaired) electrons. The summed E-state index contributed by atoms with van der Waals surface area (Å²) in [5.74, 6) is 0. The Hall–Kier alpha value is 0.988. The first kappa shape index (κ1) is 26.9. The van der Waals surface area contributed by atoms with Crippen LogP contribution >= 0.6 is 15.2 Å². The maximum atomic E-state index is 10.1. The van der Waals surface area contributed by atoms with Gasteiger partial charge in [-0.2, -0.15) is 0 Å². The molecule has 0 saturated carbocycles. The topological polar surface area (TPSA) is 126 Å². The molecule has 0 aromatic heterocycles. The normalized spacial score (nSPS) is 11.3. The Morgan fingerprint density at radius 1 is 0.619 bits per heavy atom. The molecule has 21 heavy (non-hydrogen) atoms. The molecule has 0 aromatic rings. The van der Waals surface area contributed by atoms with Gasteiger partial charge in [-0.25, -0.2) is 0 Å². The molecule has 0 aliphatic heterocycles. The Balaban J connectivity index is -0.000000295. The summed E-state index contributed by atoms with van der Waals surface area (Å²) >= 11 is 0. The molecule has 0 aliphatic carbocycles. The molecule has 0 bridgehead atoms. The molecular formula is C12H26MoO6P2. The summed E-state index contributed by atoms with van der Waals surface area (Å²) in [7, 11) is -8.41. The summed E-state index contributed by atoms with van der Waals surface area (Å²) < 4.78 is 20.1. The Bertz CT molecular complexity index is 272. The van der Waals surface area contributed by atoms with Gasteiger partial charge in [0.2, 0.25) is 0 Å². The van der Waals surface area contributed by atoms with E-state index >= 15 is 0 Å². The van der Waals surface area contributed by atoms with E-state index in [9.17, 15) is 28.7 Å². The molecule has 0 fully saturated rings. The fourth-order valence-electron chi connectivity index (χ4n) is 1.46. The zero-order chi connectivity index (χ0) is 16.1. The van der Waals surface area contributed by atoms with Gasteiger partial charge in [-0.05, 0) is 25.2 Å². The van der Waals surface area contributed by atoms with Crippen molar-refractivity contribution in [3.8, 4) is 0 Å². The van der Waals surface area contributed by atoms with Crippen LogP contribution in [0, 0.1) is 0 Å². The summed E-state index contributed by atoms with van der Waals surface area (Å²) in [6, 6.07) is 0. The largest absolute Gasteiger partial charge is 4.00 e. The van der Waals surface area contributed by atoms with Gasteiger partial charge in [-0.3, -0.25) is 0 Å². The molecule has 0 spiro atoms. The molecule has 0 N–H and O–H groups in total. The first-order valence-corrected chi connectivity index (χ1v) is 10.6. The monoisotopic (exact) mass is 426 g/mol. The maximum absolute atomic E-state index is 10.1. The third kappa shape index (κ3) is 33.7. The van der Waals surface area contributed by atoms with Gasteiger partial charge >= 0.3 is 21.1 Å². The van der Waals surface area contributed by atoms with Gasteiger partial charge in [0, 0.05) is 0 Å². The standard InChI is InChI=1S/2C6H15O3P.Mo/c2*1-2-3-4-5-6-10(7,8)9;/h2*2-6H2,1H3,(H2,7,8,9);/q;;+4/p-4. The van der Waals surface area contributed by atoms with E-state index in [1.807, 2.05) is 13.8 Å². The Kier molecular flexibility index (Phi) is 20.3. The van der Waals surface area contributed by atoms with Gasteiger partial charge in [-0.1, -0.05) is 67.6 Å². The molecule has 126 valence electrons. The summed E-state index contributed by atoms with van der Waals surface area (Å²) in [4.78, 5) is 40.3. The minimum Gasteiger partial charge on any atom is -0.811 e. The average Bonchev–Trinajstić information content (AvgIpc) is 2.29. The molecule has 0 atom stereocenters. The summed E-state index contributed by atoms with van der Waals surface area (Å²) in [6.07, 6.45) is 6.55. The van der Waals surface area contributed by atoms with Gasteiger partial charge < -0.3 is 28.7 Å². The van der Waals surface area contributed by atoms with Crippen LogP contribution in [0.15, 0.2) is 0 Å². The maximum Gasteiger partial charge on any atom is 4.00 e. The second-order valence-corrected chi connectivity index (χ2v) is 8.13. The van der Waals surface area contributed by atoms with Crippen molar-refractivity contribution in [3.05, 3.63) is 0 Å². The molecular weight excluding hydrogens is 398 g/mol.